The van der Waals surface area contributed by atoms with Crippen molar-refractivity contribution in [2.24, 2.45) is 7.05 Å². The van der Waals surface area contributed by atoms with Gasteiger partial charge in [0.15, 0.2) is 12.4 Å². The molecule has 1 aromatic heterocycles. The summed E-state index contributed by atoms with van der Waals surface area (Å²) in [5.74, 6) is 6.60. The highest BCUT2D eigenvalue weighted by molar-refractivity contribution is 5.07. The van der Waals surface area contributed by atoms with Gasteiger partial charge in [0.2, 0.25) is 0 Å². The molecule has 0 aliphatic rings. The summed E-state index contributed by atoms with van der Waals surface area (Å²) in [6, 6.07) is 4.42. The van der Waals surface area contributed by atoms with E-state index in [1.54, 1.807) is 0 Å². The summed E-state index contributed by atoms with van der Waals surface area (Å²) < 4.78 is 2.08. The average molecular weight is 258 g/mol. The van der Waals surface area contributed by atoms with E-state index in [2.05, 4.69) is 54.9 Å². The van der Waals surface area contributed by atoms with E-state index in [1.807, 2.05) is 0 Å². The largest absolute Gasteiger partial charge is 0.208 e. The monoisotopic (exact) mass is 258 g/mol. The lowest BCUT2D eigenvalue weighted by Crippen LogP contribution is -2.25. The second-order valence-corrected chi connectivity index (χ2v) is 5.24. The van der Waals surface area contributed by atoms with Gasteiger partial charge in [0, 0.05) is 25.0 Å². The third kappa shape index (κ3) is 8.43. The molecule has 1 rings (SSSR count). The lowest BCUT2D eigenvalue weighted by molar-refractivity contribution is -0.671. The van der Waals surface area contributed by atoms with Gasteiger partial charge in [-0.25, -0.2) is 4.57 Å². The number of pyridine rings is 1. The molecule has 1 nitrogen and oxygen atoms in total. The van der Waals surface area contributed by atoms with E-state index in [1.165, 1.54) is 50.5 Å². The van der Waals surface area contributed by atoms with Crippen molar-refractivity contribution >= 4 is 0 Å². The van der Waals surface area contributed by atoms with Gasteiger partial charge in [-0.1, -0.05) is 26.2 Å². The Morgan fingerprint density at radius 2 is 1.53 bits per heavy atom. The molecule has 1 aromatic rings. The molecule has 0 aliphatic carbocycles. The van der Waals surface area contributed by atoms with Gasteiger partial charge >= 0.3 is 0 Å². The SMILES string of the molecule is CCCCCCC#CCCCCc1cc[n+](C)cc1. The topological polar surface area (TPSA) is 3.88 Å². The summed E-state index contributed by atoms with van der Waals surface area (Å²) in [5.41, 5.74) is 1.44. The van der Waals surface area contributed by atoms with Crippen molar-refractivity contribution in [3.8, 4) is 11.8 Å². The molecular weight excluding hydrogens is 230 g/mol. The fraction of sp³-hybridized carbons (Fsp3) is 0.611. The standard InChI is InChI=1S/C18H28N/c1-3-4-5-6-7-8-9-10-11-12-13-18-14-16-19(2)17-15-18/h14-17H,3-7,10-13H2,1-2H3/q+1. The van der Waals surface area contributed by atoms with Gasteiger partial charge < -0.3 is 0 Å². The molecule has 0 saturated carbocycles. The zero-order valence-corrected chi connectivity index (χ0v) is 12.6. The maximum Gasteiger partial charge on any atom is 0.168 e. The third-order valence-corrected chi connectivity index (χ3v) is 3.35. The van der Waals surface area contributed by atoms with Gasteiger partial charge in [-0.15, -0.1) is 11.8 Å². The molecule has 0 atom stereocenters. The van der Waals surface area contributed by atoms with Crippen molar-refractivity contribution in [1.29, 1.82) is 0 Å². The van der Waals surface area contributed by atoms with E-state index in [0.29, 0.717) is 0 Å². The smallest absolute Gasteiger partial charge is 0.168 e. The van der Waals surface area contributed by atoms with Crippen molar-refractivity contribution in [3.05, 3.63) is 30.1 Å². The zero-order chi connectivity index (χ0) is 13.8. The van der Waals surface area contributed by atoms with E-state index >= 15 is 0 Å². The molecule has 0 aromatic carbocycles. The van der Waals surface area contributed by atoms with Crippen molar-refractivity contribution in [1.82, 2.24) is 0 Å². The van der Waals surface area contributed by atoms with Crippen molar-refractivity contribution in [2.75, 3.05) is 0 Å². The normalized spacial score (nSPS) is 10.0. The lowest BCUT2D eigenvalue weighted by Gasteiger charge is -1.98. The summed E-state index contributed by atoms with van der Waals surface area (Å²) >= 11 is 0. The number of unbranched alkanes of at least 4 members (excludes halogenated alkanes) is 6. The molecule has 0 spiro atoms. The molecule has 1 heteroatoms. The van der Waals surface area contributed by atoms with Gasteiger partial charge in [-0.05, 0) is 31.2 Å². The summed E-state index contributed by atoms with van der Waals surface area (Å²) in [7, 11) is 2.06. The zero-order valence-electron chi connectivity index (χ0n) is 12.6. The summed E-state index contributed by atoms with van der Waals surface area (Å²) in [6.45, 7) is 2.25. The van der Waals surface area contributed by atoms with Crippen LogP contribution in [0.2, 0.25) is 0 Å². The minimum Gasteiger partial charge on any atom is -0.208 e. The highest BCUT2D eigenvalue weighted by Crippen LogP contribution is 2.05. The summed E-state index contributed by atoms with van der Waals surface area (Å²) in [5, 5.41) is 0. The Bertz CT molecular complexity index is 380. The van der Waals surface area contributed by atoms with E-state index < -0.39 is 0 Å². The van der Waals surface area contributed by atoms with Gasteiger partial charge in [0.1, 0.15) is 7.05 Å². The lowest BCUT2D eigenvalue weighted by atomic mass is 10.1. The van der Waals surface area contributed by atoms with Crippen LogP contribution >= 0.6 is 0 Å². The Morgan fingerprint density at radius 1 is 0.895 bits per heavy atom. The molecule has 0 saturated heterocycles. The number of hydrogen-bond donors (Lipinski definition) is 0. The maximum atomic E-state index is 3.30. The van der Waals surface area contributed by atoms with Crippen LogP contribution in [-0.2, 0) is 13.5 Å². The van der Waals surface area contributed by atoms with Gasteiger partial charge in [0.05, 0.1) is 0 Å². The molecule has 0 aliphatic heterocycles. The van der Waals surface area contributed by atoms with Crippen LogP contribution in [0.1, 0.15) is 63.9 Å². The molecule has 0 bridgehead atoms. The summed E-state index contributed by atoms with van der Waals surface area (Å²) in [6.07, 6.45) is 15.3. The molecule has 0 amide bonds. The fourth-order valence-electron chi connectivity index (χ4n) is 2.06. The first-order valence-electron chi connectivity index (χ1n) is 7.73. The van der Waals surface area contributed by atoms with Crippen LogP contribution in [0.4, 0.5) is 0 Å². The number of rotatable bonds is 8. The predicted molar refractivity (Wildman–Crippen MR) is 81.7 cm³/mol. The first-order valence-corrected chi connectivity index (χ1v) is 7.73. The molecular formula is C18H28N+. The highest BCUT2D eigenvalue weighted by atomic mass is 14.9. The quantitative estimate of drug-likeness (QED) is 0.374. The van der Waals surface area contributed by atoms with E-state index in [-0.39, 0.29) is 0 Å². The van der Waals surface area contributed by atoms with Crippen LogP contribution < -0.4 is 4.57 Å². The van der Waals surface area contributed by atoms with Crippen LogP contribution in [0.5, 0.6) is 0 Å². The van der Waals surface area contributed by atoms with Crippen LogP contribution in [0.15, 0.2) is 24.5 Å². The molecule has 0 unspecified atom stereocenters. The van der Waals surface area contributed by atoms with Crippen LogP contribution in [0.25, 0.3) is 0 Å². The van der Waals surface area contributed by atoms with E-state index in [9.17, 15) is 0 Å². The molecule has 19 heavy (non-hydrogen) atoms. The van der Waals surface area contributed by atoms with Crippen LogP contribution in [-0.4, -0.2) is 0 Å². The predicted octanol–water partition coefficient (Wildman–Crippen LogP) is 4.20. The van der Waals surface area contributed by atoms with E-state index in [4.69, 9.17) is 0 Å². The molecule has 104 valence electrons. The fourth-order valence-corrected chi connectivity index (χ4v) is 2.06. The average Bonchev–Trinajstić information content (AvgIpc) is 2.43. The van der Waals surface area contributed by atoms with Crippen molar-refractivity contribution in [2.45, 2.75) is 64.7 Å². The number of hydrogen-bond acceptors (Lipinski definition) is 0. The first-order chi connectivity index (χ1) is 9.33. The Balaban J connectivity index is 1.99. The molecule has 1 heterocycles. The Hall–Kier alpha value is -1.29. The minimum atomic E-state index is 1.06. The molecule has 0 N–H and O–H groups in total. The molecule has 0 radical (unpaired) electrons. The maximum absolute atomic E-state index is 3.30. The Labute approximate surface area is 119 Å². The Morgan fingerprint density at radius 3 is 2.16 bits per heavy atom. The van der Waals surface area contributed by atoms with Crippen LogP contribution in [0, 0.1) is 11.8 Å². The van der Waals surface area contributed by atoms with Crippen molar-refractivity contribution < 1.29 is 4.57 Å². The van der Waals surface area contributed by atoms with Gasteiger partial charge in [-0.3, -0.25) is 0 Å². The number of nitrogens with zero attached hydrogens (tertiary/aromatic N) is 1. The van der Waals surface area contributed by atoms with Gasteiger partial charge in [0.25, 0.3) is 0 Å². The van der Waals surface area contributed by atoms with Crippen molar-refractivity contribution in [3.63, 3.8) is 0 Å². The number of aryl methyl sites for hydroxylation is 2. The minimum absolute atomic E-state index is 1.06. The second-order valence-electron chi connectivity index (χ2n) is 5.24. The Kier molecular flexibility index (Phi) is 8.81. The summed E-state index contributed by atoms with van der Waals surface area (Å²) in [4.78, 5) is 0. The van der Waals surface area contributed by atoms with Gasteiger partial charge in [-0.2, -0.15) is 0 Å². The third-order valence-electron chi connectivity index (χ3n) is 3.35. The number of aromatic nitrogens is 1. The first kappa shape index (κ1) is 15.8. The second kappa shape index (κ2) is 10.6. The van der Waals surface area contributed by atoms with Crippen LogP contribution in [0.3, 0.4) is 0 Å². The molecule has 0 fully saturated rings. The highest BCUT2D eigenvalue weighted by Gasteiger charge is 1.95. The van der Waals surface area contributed by atoms with E-state index in [0.717, 1.165) is 12.8 Å².